The molecule has 0 aliphatic rings. The molecule has 0 fully saturated rings. The molecule has 0 N–H and O–H groups in total. The standard InChI is InChI=1S/C36H62/c1-9-13-17-21-25-31-32(26-22-18-14-10-2)36(30(7)8)34(28-24-20-16-12-4)33(35(31)29(5)6)27-23-19-15-11-3/h5,7,9-28H2,1-4,6,8H3. The van der Waals surface area contributed by atoms with Gasteiger partial charge in [-0.05, 0) is 98.6 Å². The van der Waals surface area contributed by atoms with Crippen LogP contribution in [0.3, 0.4) is 0 Å². The van der Waals surface area contributed by atoms with Gasteiger partial charge >= 0.3 is 0 Å². The summed E-state index contributed by atoms with van der Waals surface area (Å²) in [5.41, 5.74) is 12.3. The molecule has 0 amide bonds. The fourth-order valence-corrected chi connectivity index (χ4v) is 6.02. The molecule has 1 rings (SSSR count). The molecule has 0 heteroatoms. The molecule has 0 spiro atoms. The highest BCUT2D eigenvalue weighted by atomic mass is 14.3. The molecule has 0 aliphatic carbocycles. The third-order valence-corrected chi connectivity index (χ3v) is 7.91. The van der Waals surface area contributed by atoms with Crippen molar-refractivity contribution in [3.8, 4) is 0 Å². The first-order chi connectivity index (χ1) is 17.4. The molecule has 0 aromatic heterocycles. The number of unbranched alkanes of at least 4 members (excludes halogenated alkanes) is 12. The van der Waals surface area contributed by atoms with Crippen LogP contribution in [-0.4, -0.2) is 0 Å². The summed E-state index contributed by atoms with van der Waals surface area (Å²) in [6.45, 7) is 23.0. The lowest BCUT2D eigenvalue weighted by Crippen LogP contribution is -2.13. The van der Waals surface area contributed by atoms with Crippen molar-refractivity contribution >= 4 is 11.1 Å². The van der Waals surface area contributed by atoms with Crippen molar-refractivity contribution in [3.05, 3.63) is 46.5 Å². The van der Waals surface area contributed by atoms with E-state index in [0.717, 1.165) is 0 Å². The average Bonchev–Trinajstić information content (AvgIpc) is 2.85. The third kappa shape index (κ3) is 11.0. The normalized spacial score (nSPS) is 11.3. The van der Waals surface area contributed by atoms with Gasteiger partial charge in [-0.1, -0.05) is 129 Å². The zero-order chi connectivity index (χ0) is 26.8. The van der Waals surface area contributed by atoms with Gasteiger partial charge in [0.1, 0.15) is 0 Å². The van der Waals surface area contributed by atoms with Gasteiger partial charge in [0.15, 0.2) is 0 Å². The Bertz CT molecular complexity index is 649. The second kappa shape index (κ2) is 19.8. The van der Waals surface area contributed by atoms with Gasteiger partial charge in [-0.25, -0.2) is 0 Å². The largest absolute Gasteiger partial charge is 0.0955 e. The van der Waals surface area contributed by atoms with Crippen LogP contribution in [0.5, 0.6) is 0 Å². The Morgan fingerprint density at radius 3 is 0.778 bits per heavy atom. The SMILES string of the molecule is C=C(C)c1c(CCCCCC)c(CCCCCC)c(C(=C)C)c(CCCCCC)c1CCCCCC. The second-order valence-corrected chi connectivity index (χ2v) is 11.5. The van der Waals surface area contributed by atoms with Crippen LogP contribution in [-0.2, 0) is 25.7 Å². The fourth-order valence-electron chi connectivity index (χ4n) is 6.02. The maximum absolute atomic E-state index is 4.59. The van der Waals surface area contributed by atoms with Crippen LogP contribution < -0.4 is 0 Å². The Balaban J connectivity index is 3.69. The minimum absolute atomic E-state index is 1.21. The predicted molar refractivity (Wildman–Crippen MR) is 167 cm³/mol. The number of hydrogen-bond donors (Lipinski definition) is 0. The van der Waals surface area contributed by atoms with Gasteiger partial charge in [0, 0.05) is 0 Å². The Morgan fingerprint density at radius 1 is 0.389 bits per heavy atom. The quantitative estimate of drug-likeness (QED) is 0.141. The molecule has 0 bridgehead atoms. The molecule has 1 aromatic rings. The van der Waals surface area contributed by atoms with Crippen LogP contribution in [0, 0.1) is 0 Å². The Labute approximate surface area is 227 Å². The molecule has 0 atom stereocenters. The van der Waals surface area contributed by atoms with Crippen molar-refractivity contribution in [1.82, 2.24) is 0 Å². The van der Waals surface area contributed by atoms with Crippen LogP contribution in [0.4, 0.5) is 0 Å². The molecule has 0 nitrogen and oxygen atoms in total. The molecule has 36 heavy (non-hydrogen) atoms. The number of benzene rings is 1. The highest BCUT2D eigenvalue weighted by molar-refractivity contribution is 5.78. The van der Waals surface area contributed by atoms with E-state index in [0.29, 0.717) is 0 Å². The number of rotatable bonds is 22. The topological polar surface area (TPSA) is 0 Å². The maximum atomic E-state index is 4.59. The van der Waals surface area contributed by atoms with Crippen LogP contribution >= 0.6 is 0 Å². The number of allylic oxidation sites excluding steroid dienone is 2. The van der Waals surface area contributed by atoms with Gasteiger partial charge in [-0.3, -0.25) is 0 Å². The average molecular weight is 495 g/mol. The Morgan fingerprint density at radius 2 is 0.611 bits per heavy atom. The molecule has 206 valence electrons. The van der Waals surface area contributed by atoms with Crippen molar-refractivity contribution in [3.63, 3.8) is 0 Å². The van der Waals surface area contributed by atoms with Crippen LogP contribution in [0.15, 0.2) is 13.2 Å². The van der Waals surface area contributed by atoms with E-state index >= 15 is 0 Å². The summed E-state index contributed by atoms with van der Waals surface area (Å²) in [4.78, 5) is 0. The van der Waals surface area contributed by atoms with Crippen LogP contribution in [0.1, 0.15) is 178 Å². The molecular formula is C36H62. The van der Waals surface area contributed by atoms with E-state index < -0.39 is 0 Å². The lowest BCUT2D eigenvalue weighted by molar-refractivity contribution is 0.638. The lowest BCUT2D eigenvalue weighted by Gasteiger charge is -2.28. The molecule has 0 saturated heterocycles. The zero-order valence-corrected chi connectivity index (χ0v) is 25.6. The molecule has 0 heterocycles. The summed E-state index contributed by atoms with van der Waals surface area (Å²) in [6.07, 6.45) is 26.0. The van der Waals surface area contributed by atoms with Crippen molar-refractivity contribution in [2.75, 3.05) is 0 Å². The predicted octanol–water partition coefficient (Wildman–Crippen LogP) is 12.2. The van der Waals surface area contributed by atoms with Crippen LogP contribution in [0.2, 0.25) is 0 Å². The minimum Gasteiger partial charge on any atom is -0.0955 e. The Kier molecular flexibility index (Phi) is 18.0. The van der Waals surface area contributed by atoms with E-state index in [2.05, 4.69) is 54.7 Å². The van der Waals surface area contributed by atoms with E-state index in [4.69, 9.17) is 0 Å². The van der Waals surface area contributed by atoms with Crippen LogP contribution in [0.25, 0.3) is 11.1 Å². The summed E-state index contributed by atoms with van der Waals surface area (Å²) < 4.78 is 0. The first-order valence-corrected chi connectivity index (χ1v) is 15.9. The second-order valence-electron chi connectivity index (χ2n) is 11.5. The van der Waals surface area contributed by atoms with Gasteiger partial charge in [0.2, 0.25) is 0 Å². The lowest BCUT2D eigenvalue weighted by atomic mass is 9.76. The van der Waals surface area contributed by atoms with E-state index in [9.17, 15) is 0 Å². The Hall–Kier alpha value is -1.30. The van der Waals surface area contributed by atoms with E-state index in [1.807, 2.05) is 0 Å². The number of hydrogen-bond acceptors (Lipinski definition) is 0. The van der Waals surface area contributed by atoms with Gasteiger partial charge in [-0.2, -0.15) is 0 Å². The van der Waals surface area contributed by atoms with Gasteiger partial charge in [0.05, 0.1) is 0 Å². The fraction of sp³-hybridized carbons (Fsp3) is 0.722. The summed E-state index contributed by atoms with van der Waals surface area (Å²) in [5, 5.41) is 0. The highest BCUT2D eigenvalue weighted by Gasteiger charge is 2.23. The molecule has 0 unspecified atom stereocenters. The summed E-state index contributed by atoms with van der Waals surface area (Å²) >= 11 is 0. The van der Waals surface area contributed by atoms with E-state index in [1.165, 1.54) is 140 Å². The summed E-state index contributed by atoms with van der Waals surface area (Å²) in [6, 6.07) is 0. The summed E-state index contributed by atoms with van der Waals surface area (Å²) in [7, 11) is 0. The third-order valence-electron chi connectivity index (χ3n) is 7.91. The van der Waals surface area contributed by atoms with Crippen molar-refractivity contribution < 1.29 is 0 Å². The maximum Gasteiger partial charge on any atom is -0.0163 e. The highest BCUT2D eigenvalue weighted by Crippen LogP contribution is 2.39. The van der Waals surface area contributed by atoms with Crippen molar-refractivity contribution in [1.29, 1.82) is 0 Å². The monoisotopic (exact) mass is 494 g/mol. The van der Waals surface area contributed by atoms with Gasteiger partial charge in [0.25, 0.3) is 0 Å². The molecule has 0 radical (unpaired) electrons. The zero-order valence-electron chi connectivity index (χ0n) is 25.6. The van der Waals surface area contributed by atoms with Gasteiger partial charge in [-0.15, -0.1) is 0 Å². The summed E-state index contributed by atoms with van der Waals surface area (Å²) in [5.74, 6) is 0. The molecule has 0 aliphatic heterocycles. The minimum atomic E-state index is 1.21. The first kappa shape index (κ1) is 32.7. The van der Waals surface area contributed by atoms with E-state index in [-0.39, 0.29) is 0 Å². The van der Waals surface area contributed by atoms with Gasteiger partial charge < -0.3 is 0 Å². The van der Waals surface area contributed by atoms with E-state index in [1.54, 1.807) is 33.4 Å². The molecular weight excluding hydrogens is 432 g/mol. The van der Waals surface area contributed by atoms with Crippen molar-refractivity contribution in [2.24, 2.45) is 0 Å². The first-order valence-electron chi connectivity index (χ1n) is 15.9. The smallest absolute Gasteiger partial charge is 0.0163 e. The molecule has 0 saturated carbocycles. The molecule has 1 aromatic carbocycles. The van der Waals surface area contributed by atoms with Crippen molar-refractivity contribution in [2.45, 2.75) is 170 Å².